The third-order valence-electron chi connectivity index (χ3n) is 5.32. The quantitative estimate of drug-likeness (QED) is 0.814. The van der Waals surface area contributed by atoms with E-state index in [2.05, 4.69) is 34.6 Å². The first-order valence-electron chi connectivity index (χ1n) is 9.19. The van der Waals surface area contributed by atoms with Gasteiger partial charge in [0.1, 0.15) is 0 Å². The third-order valence-corrected chi connectivity index (χ3v) is 5.32. The van der Waals surface area contributed by atoms with Gasteiger partial charge >= 0.3 is 0 Å². The van der Waals surface area contributed by atoms with Gasteiger partial charge in [-0.2, -0.15) is 0 Å². The number of carbonyl (C=O) groups excluding carboxylic acids is 1. The lowest BCUT2D eigenvalue weighted by molar-refractivity contribution is -0.124. The first-order valence-corrected chi connectivity index (χ1v) is 9.19. The van der Waals surface area contributed by atoms with E-state index >= 15 is 0 Å². The number of amides is 1. The summed E-state index contributed by atoms with van der Waals surface area (Å²) in [5.74, 6) is 0.120. The molecule has 1 aliphatic carbocycles. The molecule has 5 nitrogen and oxygen atoms in total. The van der Waals surface area contributed by atoms with Crippen molar-refractivity contribution in [1.29, 1.82) is 0 Å². The predicted octanol–water partition coefficient (Wildman–Crippen LogP) is 2.85. The van der Waals surface area contributed by atoms with E-state index in [1.54, 1.807) is 6.20 Å². The maximum Gasteiger partial charge on any atom is 0.220 e. The van der Waals surface area contributed by atoms with Crippen LogP contribution in [0.1, 0.15) is 49.7 Å². The number of nitrogens with two attached hydrogens (primary N) is 1. The lowest BCUT2D eigenvalue weighted by atomic mass is 9.71. The van der Waals surface area contributed by atoms with Crippen LogP contribution in [0.25, 0.3) is 0 Å². The summed E-state index contributed by atoms with van der Waals surface area (Å²) in [4.78, 5) is 16.4. The number of hydrogen-bond acceptors (Lipinski definition) is 3. The van der Waals surface area contributed by atoms with E-state index in [9.17, 15) is 4.79 Å². The zero-order valence-electron chi connectivity index (χ0n) is 14.8. The van der Waals surface area contributed by atoms with Crippen LogP contribution in [0.5, 0.6) is 0 Å². The Morgan fingerprint density at radius 1 is 1.16 bits per heavy atom. The monoisotopic (exact) mass is 340 g/mol. The summed E-state index contributed by atoms with van der Waals surface area (Å²) >= 11 is 0. The molecule has 25 heavy (non-hydrogen) atoms. The molecule has 1 aromatic heterocycles. The summed E-state index contributed by atoms with van der Waals surface area (Å²) in [7, 11) is 0. The average Bonchev–Trinajstić information content (AvgIpc) is 3.15. The Kier molecular flexibility index (Phi) is 5.87. The second-order valence-corrected chi connectivity index (χ2v) is 7.27. The number of nitrogens with one attached hydrogen (secondary N) is 1. The maximum atomic E-state index is 12.4. The molecule has 134 valence electrons. The minimum Gasteiger partial charge on any atom is -0.352 e. The molecule has 0 spiro atoms. The molecule has 1 saturated carbocycles. The number of imidazole rings is 1. The Morgan fingerprint density at radius 2 is 1.88 bits per heavy atom. The zero-order valence-corrected chi connectivity index (χ0v) is 14.8. The first kappa shape index (κ1) is 17.7. The molecule has 0 atom stereocenters. The Hall–Kier alpha value is -2.14. The molecule has 1 fully saturated rings. The fraction of sp³-hybridized carbons (Fsp3) is 0.500. The van der Waals surface area contributed by atoms with E-state index < -0.39 is 0 Å². The third kappa shape index (κ3) is 4.92. The number of benzene rings is 1. The fourth-order valence-electron chi connectivity index (χ4n) is 3.71. The van der Waals surface area contributed by atoms with Gasteiger partial charge < -0.3 is 15.6 Å². The normalized spacial score (nSPS) is 16.5. The second-order valence-electron chi connectivity index (χ2n) is 7.27. The molecule has 1 aliphatic rings. The van der Waals surface area contributed by atoms with E-state index in [1.165, 1.54) is 24.8 Å². The van der Waals surface area contributed by atoms with Crippen molar-refractivity contribution in [3.63, 3.8) is 0 Å². The van der Waals surface area contributed by atoms with E-state index in [-0.39, 0.29) is 11.3 Å². The van der Waals surface area contributed by atoms with Gasteiger partial charge in [0, 0.05) is 31.9 Å². The maximum absolute atomic E-state index is 12.4. The van der Waals surface area contributed by atoms with Crippen molar-refractivity contribution in [3.8, 4) is 0 Å². The zero-order chi connectivity index (χ0) is 17.5. The SMILES string of the molecule is NCC1(CC(=O)NCc2ccc(Cn3ccnc3)cc2)CCCCC1. The highest BCUT2D eigenvalue weighted by Crippen LogP contribution is 2.38. The molecule has 3 N–H and O–H groups in total. The molecular weight excluding hydrogens is 312 g/mol. The van der Waals surface area contributed by atoms with Crippen LogP contribution in [0, 0.1) is 5.41 Å². The number of carbonyl (C=O) groups is 1. The highest BCUT2D eigenvalue weighted by atomic mass is 16.1. The first-order chi connectivity index (χ1) is 12.2. The van der Waals surface area contributed by atoms with E-state index in [0.717, 1.165) is 24.9 Å². The van der Waals surface area contributed by atoms with E-state index in [0.29, 0.717) is 19.5 Å². The Bertz CT molecular complexity index is 658. The smallest absolute Gasteiger partial charge is 0.220 e. The van der Waals surface area contributed by atoms with Crippen molar-refractivity contribution in [2.24, 2.45) is 11.1 Å². The van der Waals surface area contributed by atoms with Gasteiger partial charge in [0.05, 0.1) is 6.33 Å². The highest BCUT2D eigenvalue weighted by molar-refractivity contribution is 5.76. The van der Waals surface area contributed by atoms with Crippen molar-refractivity contribution in [3.05, 3.63) is 54.1 Å². The number of hydrogen-bond donors (Lipinski definition) is 2. The van der Waals surface area contributed by atoms with Gasteiger partial charge in [0.15, 0.2) is 0 Å². The van der Waals surface area contributed by atoms with Gasteiger partial charge in [-0.1, -0.05) is 43.5 Å². The van der Waals surface area contributed by atoms with Gasteiger partial charge in [0.25, 0.3) is 0 Å². The Labute approximate surface area is 149 Å². The van der Waals surface area contributed by atoms with Gasteiger partial charge in [-0.25, -0.2) is 4.98 Å². The van der Waals surface area contributed by atoms with Crippen LogP contribution < -0.4 is 11.1 Å². The molecule has 5 heteroatoms. The second kappa shape index (κ2) is 8.30. The van der Waals surface area contributed by atoms with Gasteiger partial charge in [-0.05, 0) is 35.9 Å². The molecule has 0 unspecified atom stereocenters. The summed E-state index contributed by atoms with van der Waals surface area (Å²) in [5.41, 5.74) is 8.34. The summed E-state index contributed by atoms with van der Waals surface area (Å²) in [6.45, 7) is 2.00. The Balaban J connectivity index is 1.48. The summed E-state index contributed by atoms with van der Waals surface area (Å²) < 4.78 is 2.03. The molecule has 3 rings (SSSR count). The molecule has 1 aromatic carbocycles. The largest absolute Gasteiger partial charge is 0.352 e. The van der Waals surface area contributed by atoms with Gasteiger partial charge in [0.2, 0.25) is 5.91 Å². The number of rotatable bonds is 7. The standard InChI is InChI=1S/C20H28N4O/c21-15-20(8-2-1-3-9-20)12-19(25)23-13-17-4-6-18(7-5-17)14-24-11-10-22-16-24/h4-7,10-11,16H,1-3,8-9,12-15,21H2,(H,23,25). The molecule has 0 aliphatic heterocycles. The van der Waals surface area contributed by atoms with Crippen molar-refractivity contribution in [1.82, 2.24) is 14.9 Å². The minimum absolute atomic E-state index is 0.0248. The molecule has 1 heterocycles. The van der Waals surface area contributed by atoms with Crippen LogP contribution in [-0.2, 0) is 17.9 Å². The van der Waals surface area contributed by atoms with Gasteiger partial charge in [-0.15, -0.1) is 0 Å². The van der Waals surface area contributed by atoms with E-state index in [1.807, 2.05) is 17.1 Å². The lowest BCUT2D eigenvalue weighted by Gasteiger charge is -2.35. The van der Waals surface area contributed by atoms with Crippen LogP contribution in [-0.4, -0.2) is 22.0 Å². The minimum atomic E-state index is 0.0248. The van der Waals surface area contributed by atoms with Crippen LogP contribution in [0.4, 0.5) is 0 Å². The topological polar surface area (TPSA) is 72.9 Å². The van der Waals surface area contributed by atoms with Crippen molar-refractivity contribution in [2.45, 2.75) is 51.6 Å². The summed E-state index contributed by atoms with van der Waals surface area (Å²) in [6.07, 6.45) is 11.9. The van der Waals surface area contributed by atoms with Crippen molar-refractivity contribution < 1.29 is 4.79 Å². The fourth-order valence-corrected chi connectivity index (χ4v) is 3.71. The molecule has 1 amide bonds. The molecule has 0 bridgehead atoms. The Morgan fingerprint density at radius 3 is 2.52 bits per heavy atom. The molecular formula is C20H28N4O. The van der Waals surface area contributed by atoms with E-state index in [4.69, 9.17) is 5.73 Å². The molecule has 0 radical (unpaired) electrons. The van der Waals surface area contributed by atoms with Crippen molar-refractivity contribution >= 4 is 5.91 Å². The predicted molar refractivity (Wildman–Crippen MR) is 98.8 cm³/mol. The van der Waals surface area contributed by atoms with Gasteiger partial charge in [-0.3, -0.25) is 4.79 Å². The molecule has 0 saturated heterocycles. The van der Waals surface area contributed by atoms with Crippen molar-refractivity contribution in [2.75, 3.05) is 6.54 Å². The average molecular weight is 340 g/mol. The highest BCUT2D eigenvalue weighted by Gasteiger charge is 2.32. The lowest BCUT2D eigenvalue weighted by Crippen LogP contribution is -2.38. The summed E-state index contributed by atoms with van der Waals surface area (Å²) in [6, 6.07) is 8.35. The van der Waals surface area contributed by atoms with Crippen LogP contribution >= 0.6 is 0 Å². The summed E-state index contributed by atoms with van der Waals surface area (Å²) in [5, 5.41) is 3.06. The van der Waals surface area contributed by atoms with Crippen LogP contribution in [0.2, 0.25) is 0 Å². The number of aromatic nitrogens is 2. The van der Waals surface area contributed by atoms with Crippen LogP contribution in [0.15, 0.2) is 43.0 Å². The number of nitrogens with zero attached hydrogens (tertiary/aromatic N) is 2. The van der Waals surface area contributed by atoms with Crippen LogP contribution in [0.3, 0.4) is 0 Å². The molecule has 2 aromatic rings.